The Kier molecular flexibility index (Phi) is 5.67. The third kappa shape index (κ3) is 3.42. The number of carbonyl (C=O) groups is 3. The highest BCUT2D eigenvalue weighted by atomic mass is 16.8. The Balaban J connectivity index is 2.94. The van der Waals surface area contributed by atoms with Crippen LogP contribution in [0.5, 0.6) is 0 Å². The third-order valence-corrected chi connectivity index (χ3v) is 3.89. The van der Waals surface area contributed by atoms with Gasteiger partial charge in [0.2, 0.25) is 0 Å². The lowest BCUT2D eigenvalue weighted by atomic mass is 9.91. The first-order chi connectivity index (χ1) is 13.3. The van der Waals surface area contributed by atoms with Crippen molar-refractivity contribution < 1.29 is 48.7 Å². The van der Waals surface area contributed by atoms with Crippen molar-refractivity contribution in [2.45, 2.75) is 44.2 Å². The standard InChI is InChI=1S/C15H18N2O12/c1-6(19)26-13(24)10(5-18)29-14(27-7(2)20,15(13,25)28-8(3)21)9-4-16-12(23)17-11(9)22/h4,10,18,24-25H,5H2,1-3H3,(H2,16,17,22,23)/t10-,13+,14+,15+/m1/s1. The molecule has 0 saturated carbocycles. The summed E-state index contributed by atoms with van der Waals surface area (Å²) in [6, 6.07) is 0. The lowest BCUT2D eigenvalue weighted by Gasteiger charge is -2.41. The van der Waals surface area contributed by atoms with Crippen molar-refractivity contribution in [2.75, 3.05) is 6.61 Å². The Hall–Kier alpha value is -3.07. The second-order valence-corrected chi connectivity index (χ2v) is 6.01. The normalized spacial score (nSPS) is 31.2. The molecule has 1 fully saturated rings. The SMILES string of the molecule is CC(=O)O[C@@]1(c2c[nH]c(=O)[nH]c2=O)O[C@H](CO)[C@](O)(OC(C)=O)[C@]1(O)OC(C)=O. The molecule has 0 bridgehead atoms. The Bertz CT molecular complexity index is 953. The average Bonchev–Trinajstić information content (AvgIpc) is 2.72. The molecule has 0 unspecified atom stereocenters. The van der Waals surface area contributed by atoms with Crippen molar-refractivity contribution >= 4 is 17.9 Å². The van der Waals surface area contributed by atoms with Gasteiger partial charge in [-0.1, -0.05) is 0 Å². The average molecular weight is 418 g/mol. The third-order valence-electron chi connectivity index (χ3n) is 3.89. The fraction of sp³-hybridized carbons (Fsp3) is 0.533. The second kappa shape index (κ2) is 7.40. The maximum atomic E-state index is 12.4. The van der Waals surface area contributed by atoms with E-state index in [2.05, 4.69) is 4.74 Å². The zero-order chi connectivity index (χ0) is 22.2. The monoisotopic (exact) mass is 418 g/mol. The Morgan fingerprint density at radius 2 is 1.62 bits per heavy atom. The van der Waals surface area contributed by atoms with E-state index >= 15 is 0 Å². The summed E-state index contributed by atoms with van der Waals surface area (Å²) in [7, 11) is 0. The molecular formula is C15H18N2O12. The summed E-state index contributed by atoms with van der Waals surface area (Å²) in [6.07, 6.45) is -1.44. The van der Waals surface area contributed by atoms with Gasteiger partial charge in [-0.25, -0.2) is 4.79 Å². The van der Waals surface area contributed by atoms with Gasteiger partial charge in [0, 0.05) is 27.0 Å². The highest BCUT2D eigenvalue weighted by Gasteiger charge is 2.82. The maximum Gasteiger partial charge on any atom is 0.352 e. The molecule has 1 aromatic rings. The maximum absolute atomic E-state index is 12.4. The van der Waals surface area contributed by atoms with Gasteiger partial charge in [-0.3, -0.25) is 24.2 Å². The van der Waals surface area contributed by atoms with E-state index < -0.39 is 64.8 Å². The van der Waals surface area contributed by atoms with Crippen LogP contribution in [0.1, 0.15) is 26.3 Å². The predicted octanol–water partition coefficient (Wildman–Crippen LogP) is -3.33. The molecule has 0 aliphatic carbocycles. The van der Waals surface area contributed by atoms with Crippen LogP contribution in [-0.4, -0.2) is 67.5 Å². The fourth-order valence-corrected chi connectivity index (χ4v) is 2.93. The molecule has 5 N–H and O–H groups in total. The van der Waals surface area contributed by atoms with Gasteiger partial charge < -0.3 is 39.3 Å². The minimum absolute atomic E-state index is 0.645. The minimum atomic E-state index is -3.60. The van der Waals surface area contributed by atoms with E-state index in [9.17, 15) is 39.3 Å². The van der Waals surface area contributed by atoms with Crippen LogP contribution in [0.3, 0.4) is 0 Å². The van der Waals surface area contributed by atoms with Crippen molar-refractivity contribution in [3.63, 3.8) is 0 Å². The molecule has 1 aromatic heterocycles. The number of aromatic amines is 2. The first-order valence-corrected chi connectivity index (χ1v) is 7.97. The van der Waals surface area contributed by atoms with Gasteiger partial charge in [0.05, 0.1) is 6.61 Å². The molecule has 160 valence electrons. The van der Waals surface area contributed by atoms with E-state index in [1.165, 1.54) is 0 Å². The van der Waals surface area contributed by atoms with Crippen LogP contribution >= 0.6 is 0 Å². The summed E-state index contributed by atoms with van der Waals surface area (Å²) in [6.45, 7) is 1.22. The smallest absolute Gasteiger partial charge is 0.352 e. The molecule has 14 nitrogen and oxygen atoms in total. The van der Waals surface area contributed by atoms with Crippen molar-refractivity contribution in [3.8, 4) is 0 Å². The van der Waals surface area contributed by atoms with Crippen molar-refractivity contribution in [2.24, 2.45) is 0 Å². The highest BCUT2D eigenvalue weighted by Crippen LogP contribution is 2.53. The van der Waals surface area contributed by atoms with Crippen LogP contribution < -0.4 is 11.2 Å². The van der Waals surface area contributed by atoms with Crippen LogP contribution in [-0.2, 0) is 39.1 Å². The number of ether oxygens (including phenoxy) is 4. The fourth-order valence-electron chi connectivity index (χ4n) is 2.93. The Labute approximate surface area is 161 Å². The van der Waals surface area contributed by atoms with Gasteiger partial charge in [-0.05, 0) is 0 Å². The first-order valence-electron chi connectivity index (χ1n) is 7.97. The van der Waals surface area contributed by atoms with E-state index in [4.69, 9.17) is 14.2 Å². The van der Waals surface area contributed by atoms with Gasteiger partial charge in [0.1, 0.15) is 5.56 Å². The van der Waals surface area contributed by atoms with E-state index in [0.717, 1.165) is 20.8 Å². The van der Waals surface area contributed by atoms with Gasteiger partial charge in [0.15, 0.2) is 6.10 Å². The minimum Gasteiger partial charge on any atom is -0.423 e. The van der Waals surface area contributed by atoms with Gasteiger partial charge >= 0.3 is 41.0 Å². The lowest BCUT2D eigenvalue weighted by Crippen LogP contribution is -2.68. The molecule has 1 aliphatic heterocycles. The van der Waals surface area contributed by atoms with Crippen LogP contribution in [0.4, 0.5) is 0 Å². The molecule has 2 rings (SSSR count). The number of nitrogens with one attached hydrogen (secondary N) is 2. The molecular weight excluding hydrogens is 400 g/mol. The zero-order valence-corrected chi connectivity index (χ0v) is 15.4. The molecule has 0 radical (unpaired) electrons. The molecule has 0 aromatic carbocycles. The summed E-state index contributed by atoms with van der Waals surface area (Å²) in [5, 5.41) is 31.7. The summed E-state index contributed by atoms with van der Waals surface area (Å²) < 4.78 is 19.6. The van der Waals surface area contributed by atoms with E-state index in [1.807, 2.05) is 4.98 Å². The van der Waals surface area contributed by atoms with Crippen molar-refractivity contribution in [1.82, 2.24) is 9.97 Å². The Morgan fingerprint density at radius 1 is 1.07 bits per heavy atom. The largest absolute Gasteiger partial charge is 0.423 e. The molecule has 1 saturated heterocycles. The summed E-state index contributed by atoms with van der Waals surface area (Å²) in [5.41, 5.74) is -3.15. The zero-order valence-electron chi connectivity index (χ0n) is 15.4. The molecule has 29 heavy (non-hydrogen) atoms. The number of hydrogen-bond acceptors (Lipinski definition) is 12. The number of aliphatic hydroxyl groups is 3. The van der Waals surface area contributed by atoms with Gasteiger partial charge in [-0.15, -0.1) is 0 Å². The van der Waals surface area contributed by atoms with E-state index in [0.29, 0.717) is 6.20 Å². The molecule has 1 aliphatic rings. The van der Waals surface area contributed by atoms with Crippen LogP contribution in [0.25, 0.3) is 0 Å². The molecule has 4 atom stereocenters. The summed E-state index contributed by atoms with van der Waals surface area (Å²) >= 11 is 0. The first kappa shape index (κ1) is 22.2. The van der Waals surface area contributed by atoms with Gasteiger partial charge in [-0.2, -0.15) is 0 Å². The molecule has 2 heterocycles. The summed E-state index contributed by atoms with van der Waals surface area (Å²) in [5.74, 6) is -13.9. The summed E-state index contributed by atoms with van der Waals surface area (Å²) in [4.78, 5) is 62.5. The number of hydrogen-bond donors (Lipinski definition) is 5. The number of H-pyrrole nitrogens is 2. The number of aromatic nitrogens is 2. The van der Waals surface area contributed by atoms with Crippen molar-refractivity contribution in [1.29, 1.82) is 0 Å². The molecule has 14 heteroatoms. The number of esters is 3. The number of rotatable bonds is 5. The number of aliphatic hydroxyl groups excluding tert-OH is 1. The van der Waals surface area contributed by atoms with Crippen LogP contribution in [0.2, 0.25) is 0 Å². The lowest BCUT2D eigenvalue weighted by molar-refractivity contribution is -0.402. The number of carbonyl (C=O) groups excluding carboxylic acids is 3. The predicted molar refractivity (Wildman–Crippen MR) is 86.5 cm³/mol. The Morgan fingerprint density at radius 3 is 2.07 bits per heavy atom. The van der Waals surface area contributed by atoms with Crippen molar-refractivity contribution in [3.05, 3.63) is 32.6 Å². The quantitative estimate of drug-likeness (QED) is 0.180. The van der Waals surface area contributed by atoms with Gasteiger partial charge in [0.25, 0.3) is 5.56 Å². The second-order valence-electron chi connectivity index (χ2n) is 6.01. The molecule has 0 spiro atoms. The van der Waals surface area contributed by atoms with E-state index in [-0.39, 0.29) is 0 Å². The highest BCUT2D eigenvalue weighted by molar-refractivity contribution is 5.69. The molecule has 0 amide bonds. The van der Waals surface area contributed by atoms with Crippen LogP contribution in [0.15, 0.2) is 15.8 Å². The van der Waals surface area contributed by atoms with E-state index in [1.54, 1.807) is 4.98 Å². The van der Waals surface area contributed by atoms with Crippen LogP contribution in [0, 0.1) is 0 Å². The topological polar surface area (TPSA) is 215 Å².